The number of Topliss-reactive ketones (excluding diaryl/α,β-unsaturated/α-hetero) is 1. The molecule has 0 aliphatic carbocycles. The van der Waals surface area contributed by atoms with Gasteiger partial charge in [-0.25, -0.2) is 0 Å². The zero-order valence-electron chi connectivity index (χ0n) is 24.3. The highest BCUT2D eigenvalue weighted by atomic mass is 16.1. The highest BCUT2D eigenvalue weighted by Gasteiger charge is 2.41. The molecule has 0 spiro atoms. The molecule has 8 nitrogen and oxygen atoms in total. The van der Waals surface area contributed by atoms with Crippen LogP contribution in [0.1, 0.15) is 49.9 Å². The summed E-state index contributed by atoms with van der Waals surface area (Å²) in [5.41, 5.74) is 4.64. The van der Waals surface area contributed by atoms with Crippen molar-refractivity contribution in [2.24, 2.45) is 0 Å². The lowest BCUT2D eigenvalue weighted by atomic mass is 9.87. The second kappa shape index (κ2) is 12.6. The number of carbonyl (C=O) groups excluding carboxylic acids is 2. The van der Waals surface area contributed by atoms with Gasteiger partial charge in [-0.3, -0.25) is 19.6 Å². The fraction of sp³-hybridized carbons (Fsp3) is 0.406. The van der Waals surface area contributed by atoms with Crippen molar-refractivity contribution in [2.75, 3.05) is 44.4 Å². The van der Waals surface area contributed by atoms with Gasteiger partial charge in [0.15, 0.2) is 11.6 Å². The maximum atomic E-state index is 13.3. The monoisotopic (exact) mass is 542 g/mol. The van der Waals surface area contributed by atoms with E-state index in [1.165, 1.54) is 11.6 Å². The van der Waals surface area contributed by atoms with Crippen molar-refractivity contribution >= 4 is 28.9 Å². The van der Waals surface area contributed by atoms with Gasteiger partial charge in [-0.1, -0.05) is 63.7 Å². The van der Waals surface area contributed by atoms with Crippen LogP contribution in [0.15, 0.2) is 67.3 Å². The summed E-state index contributed by atoms with van der Waals surface area (Å²) in [7, 11) is 4.19. The van der Waals surface area contributed by atoms with E-state index in [2.05, 4.69) is 96.3 Å². The zero-order chi connectivity index (χ0) is 28.9. The van der Waals surface area contributed by atoms with E-state index in [0.717, 1.165) is 36.6 Å². The number of H-pyrrole nitrogens is 1. The van der Waals surface area contributed by atoms with Crippen molar-refractivity contribution in [2.45, 2.75) is 51.0 Å². The van der Waals surface area contributed by atoms with Crippen molar-refractivity contribution in [3.8, 4) is 0 Å². The summed E-state index contributed by atoms with van der Waals surface area (Å²) in [5.74, 6) is 1.07. The molecule has 3 aromatic rings. The Balaban J connectivity index is 1.42. The number of hydrogen-bond acceptors (Lipinski definition) is 6. The van der Waals surface area contributed by atoms with Gasteiger partial charge in [0.2, 0.25) is 5.91 Å². The number of anilines is 3. The van der Waals surface area contributed by atoms with Crippen molar-refractivity contribution in [1.29, 1.82) is 0 Å². The van der Waals surface area contributed by atoms with Crippen LogP contribution in [-0.4, -0.2) is 71.5 Å². The van der Waals surface area contributed by atoms with E-state index in [-0.39, 0.29) is 23.1 Å². The molecule has 1 aliphatic heterocycles. The molecule has 212 valence electrons. The van der Waals surface area contributed by atoms with Gasteiger partial charge < -0.3 is 15.5 Å². The largest absolute Gasteiger partial charge is 0.338 e. The molecule has 0 saturated carbocycles. The Kier molecular flexibility index (Phi) is 9.22. The number of nitrogens with zero attached hydrogens (tertiary/aromatic N) is 3. The second-order valence-electron chi connectivity index (χ2n) is 11.9. The van der Waals surface area contributed by atoms with Gasteiger partial charge in [-0.15, -0.1) is 0 Å². The first kappa shape index (κ1) is 29.2. The van der Waals surface area contributed by atoms with Gasteiger partial charge >= 0.3 is 0 Å². The number of amides is 1. The highest BCUT2D eigenvalue weighted by molar-refractivity contribution is 5.99. The third-order valence-electron chi connectivity index (χ3n) is 7.21. The lowest BCUT2D eigenvalue weighted by Gasteiger charge is -2.22. The van der Waals surface area contributed by atoms with E-state index < -0.39 is 0 Å². The molecular formula is C32H42N6O2. The molecule has 4 rings (SSSR count). The molecule has 40 heavy (non-hydrogen) atoms. The summed E-state index contributed by atoms with van der Waals surface area (Å²) < 4.78 is 0. The van der Waals surface area contributed by atoms with E-state index in [0.29, 0.717) is 30.3 Å². The van der Waals surface area contributed by atoms with Crippen LogP contribution in [0.3, 0.4) is 0 Å². The summed E-state index contributed by atoms with van der Waals surface area (Å²) in [6.07, 6.45) is 2.29. The molecule has 2 heterocycles. The van der Waals surface area contributed by atoms with Crippen LogP contribution in [0.25, 0.3) is 0 Å². The Morgan fingerprint density at radius 3 is 2.55 bits per heavy atom. The van der Waals surface area contributed by atoms with Crippen molar-refractivity contribution < 1.29 is 9.59 Å². The Morgan fingerprint density at radius 2 is 1.88 bits per heavy atom. The number of aromatic amines is 1. The molecule has 0 bridgehead atoms. The molecule has 1 amide bonds. The van der Waals surface area contributed by atoms with Crippen molar-refractivity contribution in [3.63, 3.8) is 0 Å². The number of hydrogen-bond donors (Lipinski definition) is 3. The van der Waals surface area contributed by atoms with Crippen molar-refractivity contribution in [1.82, 2.24) is 20.0 Å². The second-order valence-corrected chi connectivity index (χ2v) is 11.9. The molecule has 3 atom stereocenters. The normalized spacial score (nSPS) is 17.4. The van der Waals surface area contributed by atoms with Gasteiger partial charge in [0.05, 0.1) is 6.04 Å². The van der Waals surface area contributed by atoms with Crippen LogP contribution >= 0.6 is 0 Å². The minimum Gasteiger partial charge on any atom is -0.338 e. The predicted octanol–water partition coefficient (Wildman–Crippen LogP) is 5.11. The Hall–Kier alpha value is -3.75. The molecule has 2 unspecified atom stereocenters. The average molecular weight is 543 g/mol. The number of rotatable bonds is 13. The first-order valence-electron chi connectivity index (χ1n) is 13.9. The van der Waals surface area contributed by atoms with Crippen LogP contribution in [0, 0.1) is 0 Å². The molecule has 0 radical (unpaired) electrons. The number of likely N-dealkylation sites (N-methyl/N-ethyl adjacent to an activating group) is 1. The first-order chi connectivity index (χ1) is 19.0. The average Bonchev–Trinajstić information content (AvgIpc) is 3.56. The van der Waals surface area contributed by atoms with Gasteiger partial charge in [0, 0.05) is 60.0 Å². The fourth-order valence-corrected chi connectivity index (χ4v) is 5.15. The molecule has 8 heteroatoms. The van der Waals surface area contributed by atoms with E-state index in [9.17, 15) is 9.59 Å². The third kappa shape index (κ3) is 7.67. The summed E-state index contributed by atoms with van der Waals surface area (Å²) in [4.78, 5) is 29.5. The van der Waals surface area contributed by atoms with Crippen LogP contribution in [0.4, 0.5) is 17.2 Å². The lowest BCUT2D eigenvalue weighted by Crippen LogP contribution is -2.27. The van der Waals surface area contributed by atoms with Crippen LogP contribution in [-0.2, 0) is 21.4 Å². The van der Waals surface area contributed by atoms with E-state index in [4.69, 9.17) is 0 Å². The van der Waals surface area contributed by atoms with Gasteiger partial charge in [0.25, 0.3) is 0 Å². The lowest BCUT2D eigenvalue weighted by molar-refractivity contribution is -0.119. The molecule has 1 fully saturated rings. The summed E-state index contributed by atoms with van der Waals surface area (Å²) in [6.45, 7) is 12.6. The number of benzene rings is 2. The number of carbonyl (C=O) groups is 2. The van der Waals surface area contributed by atoms with E-state index >= 15 is 0 Å². The predicted molar refractivity (Wildman–Crippen MR) is 162 cm³/mol. The van der Waals surface area contributed by atoms with Crippen LogP contribution < -0.4 is 10.6 Å². The van der Waals surface area contributed by atoms with Gasteiger partial charge in [-0.2, -0.15) is 5.10 Å². The smallest absolute Gasteiger partial charge is 0.247 e. The first-order valence-corrected chi connectivity index (χ1v) is 13.9. The summed E-state index contributed by atoms with van der Waals surface area (Å²) in [5, 5.41) is 14.0. The van der Waals surface area contributed by atoms with Gasteiger partial charge in [0.1, 0.15) is 0 Å². The molecule has 3 N–H and O–H groups in total. The molecule has 1 saturated heterocycles. The maximum absolute atomic E-state index is 13.3. The maximum Gasteiger partial charge on any atom is 0.247 e. The standard InChI is InChI=1S/C32H42N6O2/c1-7-29(40)33-24-14-11-15-25(18-24)34-31-26(30(35-36-31)32(2,3)4)16-17-28(39)27-21-38(27)20-23(19-37(5)6)22-12-9-8-10-13-22/h7-15,18,23,27H,1,16-17,19-21H2,2-6H3,(H,33,40)(H2,34,35,36)/t23-,27?,38?/m0/s1. The minimum absolute atomic E-state index is 0.0140. The topological polar surface area (TPSA) is 93.1 Å². The zero-order valence-corrected chi connectivity index (χ0v) is 24.3. The molecule has 2 aromatic carbocycles. The van der Waals surface area contributed by atoms with Crippen LogP contribution in [0.2, 0.25) is 0 Å². The van der Waals surface area contributed by atoms with Gasteiger partial charge in [-0.05, 0) is 50.4 Å². The van der Waals surface area contributed by atoms with E-state index in [1.807, 2.05) is 30.3 Å². The molecular weight excluding hydrogens is 500 g/mol. The third-order valence-corrected chi connectivity index (χ3v) is 7.21. The van der Waals surface area contributed by atoms with Crippen LogP contribution in [0.5, 0.6) is 0 Å². The number of aromatic nitrogens is 2. The quantitative estimate of drug-likeness (QED) is 0.205. The Labute approximate surface area is 237 Å². The summed E-state index contributed by atoms with van der Waals surface area (Å²) >= 11 is 0. The Bertz CT molecular complexity index is 1320. The fourth-order valence-electron chi connectivity index (χ4n) is 5.15. The minimum atomic E-state index is -0.267. The van der Waals surface area contributed by atoms with E-state index in [1.54, 1.807) is 0 Å². The Morgan fingerprint density at radius 1 is 1.15 bits per heavy atom. The summed E-state index contributed by atoms with van der Waals surface area (Å²) in [6, 6.07) is 18.0. The van der Waals surface area contributed by atoms with Crippen molar-refractivity contribution in [3.05, 3.63) is 84.1 Å². The number of ketones is 1. The molecule has 1 aliphatic rings. The highest BCUT2D eigenvalue weighted by Crippen LogP contribution is 2.33. The molecule has 1 aromatic heterocycles. The number of nitrogens with one attached hydrogen (secondary N) is 3. The SMILES string of the molecule is C=CC(=O)Nc1cccc(Nc2n[nH]c(C(C)(C)C)c2CCC(=O)C2CN2C[C@H](CN(C)C)c2ccccc2)c1.